The first-order chi connectivity index (χ1) is 7.10. The Bertz CT molecular complexity index is 401. The number of hydrogen-bond acceptors (Lipinski definition) is 4. The molecule has 0 aliphatic heterocycles. The van der Waals surface area contributed by atoms with Crippen molar-refractivity contribution in [1.29, 1.82) is 0 Å². The number of carbonyl (C=O) groups excluding carboxylic acids is 1. The molecule has 82 valence electrons. The minimum absolute atomic E-state index is 0.0548. The summed E-state index contributed by atoms with van der Waals surface area (Å²) in [6.07, 6.45) is 0. The van der Waals surface area contributed by atoms with E-state index in [1.165, 1.54) is 32.4 Å². The predicted octanol–water partition coefficient (Wildman–Crippen LogP) is 1.07. The van der Waals surface area contributed by atoms with Crippen LogP contribution in [0.4, 0.5) is 0 Å². The van der Waals surface area contributed by atoms with Gasteiger partial charge in [-0.25, -0.2) is 4.21 Å². The van der Waals surface area contributed by atoms with E-state index < -0.39 is 16.2 Å². The normalized spacial score (nSPS) is 11.9. The van der Waals surface area contributed by atoms with Gasteiger partial charge in [0.15, 0.2) is 0 Å². The number of hydrogen-bond donors (Lipinski definition) is 1. The first-order valence-corrected chi connectivity index (χ1v) is 5.08. The maximum Gasteiger partial charge on any atom is 0.280 e. The van der Waals surface area contributed by atoms with Crippen molar-refractivity contribution in [3.63, 3.8) is 0 Å². The summed E-state index contributed by atoms with van der Waals surface area (Å²) in [7, 11) is 2.84. The van der Waals surface area contributed by atoms with Crippen LogP contribution in [0.1, 0.15) is 10.4 Å². The van der Waals surface area contributed by atoms with Crippen LogP contribution in [-0.4, -0.2) is 28.1 Å². The van der Waals surface area contributed by atoms with Gasteiger partial charge in [-0.1, -0.05) is 0 Å². The summed E-state index contributed by atoms with van der Waals surface area (Å²) in [4.78, 5) is 11.3. The monoisotopic (exact) mass is 230 g/mol. The van der Waals surface area contributed by atoms with Crippen molar-refractivity contribution >= 4 is 16.2 Å². The van der Waals surface area contributed by atoms with Gasteiger partial charge in [-0.2, -0.15) is 0 Å². The van der Waals surface area contributed by atoms with Gasteiger partial charge < -0.3 is 9.47 Å². The minimum atomic E-state index is -2.54. The highest BCUT2D eigenvalue weighted by Gasteiger charge is 2.17. The molecule has 0 saturated heterocycles. The van der Waals surface area contributed by atoms with E-state index in [4.69, 9.17) is 14.0 Å². The fraction of sp³-hybridized carbons (Fsp3) is 0.222. The smallest absolute Gasteiger partial charge is 0.280 e. The van der Waals surface area contributed by atoms with Gasteiger partial charge in [-0.3, -0.25) is 9.35 Å². The third kappa shape index (κ3) is 2.54. The Hall–Kier alpha value is -1.40. The topological polar surface area (TPSA) is 72.8 Å². The van der Waals surface area contributed by atoms with Crippen LogP contribution < -0.4 is 9.47 Å². The molecule has 0 aliphatic carbocycles. The molecule has 0 amide bonds. The predicted molar refractivity (Wildman–Crippen MR) is 54.6 cm³/mol. The fourth-order valence-electron chi connectivity index (χ4n) is 1.06. The Morgan fingerprint density at radius 2 is 2.00 bits per heavy atom. The molecule has 1 aromatic rings. The molecule has 0 heterocycles. The quantitative estimate of drug-likeness (QED) is 0.786. The number of ether oxygens (including phenoxy) is 2. The van der Waals surface area contributed by atoms with Crippen molar-refractivity contribution in [3.05, 3.63) is 23.8 Å². The van der Waals surface area contributed by atoms with Crippen molar-refractivity contribution in [2.75, 3.05) is 14.2 Å². The van der Waals surface area contributed by atoms with Gasteiger partial charge in [0.1, 0.15) is 11.5 Å². The average Bonchev–Trinajstić information content (AvgIpc) is 2.27. The molecule has 6 heteroatoms. The average molecular weight is 230 g/mol. The first kappa shape index (κ1) is 11.7. The molecule has 5 nitrogen and oxygen atoms in total. The van der Waals surface area contributed by atoms with Crippen LogP contribution in [-0.2, 0) is 11.1 Å². The highest BCUT2D eigenvalue weighted by molar-refractivity contribution is 7.95. The lowest BCUT2D eigenvalue weighted by Crippen LogP contribution is -2.08. The summed E-state index contributed by atoms with van der Waals surface area (Å²) in [5.74, 6) is 0.717. The maximum atomic E-state index is 11.3. The number of methoxy groups -OCH3 is 2. The summed E-state index contributed by atoms with van der Waals surface area (Å²) < 4.78 is 29.1. The largest absolute Gasteiger partial charge is 0.497 e. The van der Waals surface area contributed by atoms with Crippen molar-refractivity contribution in [3.8, 4) is 11.5 Å². The Kier molecular flexibility index (Phi) is 3.81. The Morgan fingerprint density at radius 3 is 2.47 bits per heavy atom. The zero-order valence-corrected chi connectivity index (χ0v) is 9.04. The van der Waals surface area contributed by atoms with E-state index in [2.05, 4.69) is 0 Å². The molecule has 1 N–H and O–H groups in total. The van der Waals surface area contributed by atoms with Gasteiger partial charge in [0.05, 0.1) is 19.8 Å². The van der Waals surface area contributed by atoms with Crippen molar-refractivity contribution in [1.82, 2.24) is 0 Å². The molecule has 0 radical (unpaired) electrons. The van der Waals surface area contributed by atoms with Gasteiger partial charge in [0.2, 0.25) is 11.1 Å². The Morgan fingerprint density at radius 1 is 1.33 bits per heavy atom. The second kappa shape index (κ2) is 4.90. The second-order valence-electron chi connectivity index (χ2n) is 2.60. The maximum absolute atomic E-state index is 11.3. The first-order valence-electron chi connectivity index (χ1n) is 3.97. The van der Waals surface area contributed by atoms with Gasteiger partial charge in [0.25, 0.3) is 5.12 Å². The standard InChI is InChI=1S/C9H10O5S/c1-13-6-3-4-7(8(5-6)14-2)9(10)15(11)12/h3-5H,1-2H3,(H,11,12). The van der Waals surface area contributed by atoms with E-state index in [0.29, 0.717) is 5.75 Å². The third-order valence-corrected chi connectivity index (χ3v) is 2.32. The summed E-state index contributed by atoms with van der Waals surface area (Å²) in [5, 5.41) is -0.894. The molecule has 0 fully saturated rings. The number of carbonyl (C=O) groups is 1. The van der Waals surface area contributed by atoms with Crippen LogP contribution in [0.25, 0.3) is 0 Å². The Balaban J connectivity index is 3.18. The molecular formula is C9H10O5S. The number of rotatable bonds is 3. The molecule has 0 spiro atoms. The minimum Gasteiger partial charge on any atom is -0.497 e. The summed E-state index contributed by atoms with van der Waals surface area (Å²) >= 11 is -2.54. The van der Waals surface area contributed by atoms with Crippen molar-refractivity contribution in [2.24, 2.45) is 0 Å². The summed E-state index contributed by atoms with van der Waals surface area (Å²) in [5.41, 5.74) is 0.0548. The second-order valence-corrected chi connectivity index (χ2v) is 3.47. The summed E-state index contributed by atoms with van der Waals surface area (Å²) in [6.45, 7) is 0. The van der Waals surface area contributed by atoms with Gasteiger partial charge in [-0.05, 0) is 12.1 Å². The third-order valence-electron chi connectivity index (χ3n) is 1.79. The molecule has 1 aromatic carbocycles. The molecule has 1 atom stereocenters. The van der Waals surface area contributed by atoms with Crippen LogP contribution in [0, 0.1) is 0 Å². The van der Waals surface area contributed by atoms with Crippen molar-refractivity contribution < 1.29 is 23.0 Å². The highest BCUT2D eigenvalue weighted by Crippen LogP contribution is 2.25. The van der Waals surface area contributed by atoms with Gasteiger partial charge in [-0.15, -0.1) is 0 Å². The molecule has 0 bridgehead atoms. The van der Waals surface area contributed by atoms with Crippen LogP contribution >= 0.6 is 0 Å². The van der Waals surface area contributed by atoms with Gasteiger partial charge in [0, 0.05) is 6.07 Å². The molecule has 0 aliphatic rings. The molecule has 1 rings (SSSR count). The SMILES string of the molecule is COc1ccc(C(=O)S(=O)O)c(OC)c1. The molecule has 1 unspecified atom stereocenters. The highest BCUT2D eigenvalue weighted by atomic mass is 32.2. The van der Waals surface area contributed by atoms with Crippen LogP contribution in [0.2, 0.25) is 0 Å². The van der Waals surface area contributed by atoms with E-state index >= 15 is 0 Å². The lowest BCUT2D eigenvalue weighted by Gasteiger charge is -2.07. The fourth-order valence-corrected chi connectivity index (χ4v) is 1.42. The zero-order valence-electron chi connectivity index (χ0n) is 8.22. The molecule has 0 saturated carbocycles. The lowest BCUT2D eigenvalue weighted by molar-refractivity contribution is 0.107. The van der Waals surface area contributed by atoms with E-state index in [9.17, 15) is 9.00 Å². The van der Waals surface area contributed by atoms with E-state index in [0.717, 1.165) is 0 Å². The summed E-state index contributed by atoms with van der Waals surface area (Å²) in [6, 6.07) is 4.37. The van der Waals surface area contributed by atoms with E-state index in [-0.39, 0.29) is 11.3 Å². The van der Waals surface area contributed by atoms with Crippen molar-refractivity contribution in [2.45, 2.75) is 0 Å². The lowest BCUT2D eigenvalue weighted by atomic mass is 10.2. The van der Waals surface area contributed by atoms with Crippen LogP contribution in [0.5, 0.6) is 11.5 Å². The molecular weight excluding hydrogens is 220 g/mol. The Labute approximate surface area is 89.3 Å². The van der Waals surface area contributed by atoms with E-state index in [1.807, 2.05) is 0 Å². The molecule has 0 aromatic heterocycles. The zero-order chi connectivity index (χ0) is 11.4. The molecule has 15 heavy (non-hydrogen) atoms. The van der Waals surface area contributed by atoms with Crippen LogP contribution in [0.3, 0.4) is 0 Å². The number of benzene rings is 1. The van der Waals surface area contributed by atoms with E-state index in [1.54, 1.807) is 0 Å². The van der Waals surface area contributed by atoms with Gasteiger partial charge >= 0.3 is 0 Å². The van der Waals surface area contributed by atoms with Crippen LogP contribution in [0.15, 0.2) is 18.2 Å².